The molecule has 0 heterocycles. The van der Waals surface area contributed by atoms with E-state index in [9.17, 15) is 0 Å². The van der Waals surface area contributed by atoms with Gasteiger partial charge in [-0.1, -0.05) is 0 Å². The Bertz CT molecular complexity index is 84.9. The van der Waals surface area contributed by atoms with Crippen molar-refractivity contribution in [3.63, 3.8) is 0 Å². The first-order valence-electron chi connectivity index (χ1n) is 2.43. The summed E-state index contributed by atoms with van der Waals surface area (Å²) in [5.41, 5.74) is 0. The maximum Gasteiger partial charge on any atom is 0.286 e. The van der Waals surface area contributed by atoms with E-state index in [1.54, 1.807) is 6.26 Å². The van der Waals surface area contributed by atoms with Gasteiger partial charge in [0.15, 0.2) is 0 Å². The summed E-state index contributed by atoms with van der Waals surface area (Å²) in [7, 11) is 3.86. The lowest BCUT2D eigenvalue weighted by molar-refractivity contribution is 0.227. The maximum atomic E-state index is 7.89. The summed E-state index contributed by atoms with van der Waals surface area (Å²) in [6, 6.07) is 0. The van der Waals surface area contributed by atoms with Gasteiger partial charge in [0.05, 0.1) is 0 Å². The fraction of sp³-hybridized carbons (Fsp3) is 0.800. The smallest absolute Gasteiger partial charge is 0.286 e. The van der Waals surface area contributed by atoms with Crippen molar-refractivity contribution < 1.29 is 4.74 Å². The molecule has 46 valence electrons. The van der Waals surface area contributed by atoms with Crippen LogP contribution in [-0.2, 0) is 4.74 Å². The zero-order valence-corrected chi connectivity index (χ0v) is 5.22. The highest BCUT2D eigenvalue weighted by molar-refractivity contribution is 4.49. The SMILES string of the molecule is CN(C)CCOC#N. The lowest BCUT2D eigenvalue weighted by Crippen LogP contribution is -2.16. The number of nitriles is 1. The summed E-state index contributed by atoms with van der Waals surface area (Å²) in [5, 5.41) is 7.89. The van der Waals surface area contributed by atoms with Crippen LogP contribution in [0.2, 0.25) is 0 Å². The third-order valence-electron chi connectivity index (χ3n) is 0.705. The molecule has 0 aromatic carbocycles. The number of nitrogens with zero attached hydrogens (tertiary/aromatic N) is 2. The van der Waals surface area contributed by atoms with Crippen molar-refractivity contribution in [2.24, 2.45) is 0 Å². The van der Waals surface area contributed by atoms with Gasteiger partial charge in [-0.2, -0.15) is 5.26 Å². The summed E-state index contributed by atoms with van der Waals surface area (Å²) >= 11 is 0. The van der Waals surface area contributed by atoms with Crippen molar-refractivity contribution in [3.05, 3.63) is 0 Å². The normalized spacial score (nSPS) is 8.75. The molecule has 3 heteroatoms. The minimum atomic E-state index is 0.490. The van der Waals surface area contributed by atoms with Gasteiger partial charge < -0.3 is 9.64 Å². The minimum Gasteiger partial charge on any atom is -0.426 e. The zero-order chi connectivity index (χ0) is 6.41. The molecular formula is C5H10N2O. The maximum absolute atomic E-state index is 7.89. The minimum absolute atomic E-state index is 0.490. The molecule has 0 aromatic rings. The van der Waals surface area contributed by atoms with Crippen LogP contribution in [0.25, 0.3) is 0 Å². The summed E-state index contributed by atoms with van der Waals surface area (Å²) in [4.78, 5) is 1.96. The van der Waals surface area contributed by atoms with Gasteiger partial charge in [0.2, 0.25) is 0 Å². The van der Waals surface area contributed by atoms with E-state index >= 15 is 0 Å². The molecule has 0 aliphatic rings. The van der Waals surface area contributed by atoms with Crippen molar-refractivity contribution in [2.45, 2.75) is 0 Å². The summed E-state index contributed by atoms with van der Waals surface area (Å²) in [5.74, 6) is 0. The van der Waals surface area contributed by atoms with Crippen molar-refractivity contribution >= 4 is 0 Å². The quantitative estimate of drug-likeness (QED) is 0.384. The van der Waals surface area contributed by atoms with Gasteiger partial charge in [0.1, 0.15) is 6.61 Å². The van der Waals surface area contributed by atoms with E-state index in [-0.39, 0.29) is 0 Å². The van der Waals surface area contributed by atoms with Crippen LogP contribution in [0.5, 0.6) is 0 Å². The molecule has 0 saturated heterocycles. The topological polar surface area (TPSA) is 36.3 Å². The average Bonchev–Trinajstić information content (AvgIpc) is 1.66. The monoisotopic (exact) mass is 114 g/mol. The molecule has 0 N–H and O–H groups in total. The fourth-order valence-electron chi connectivity index (χ4n) is 0.274. The first-order chi connectivity index (χ1) is 3.77. The molecule has 0 aromatic heterocycles. The highest BCUT2D eigenvalue weighted by Crippen LogP contribution is 1.73. The van der Waals surface area contributed by atoms with Gasteiger partial charge in [0, 0.05) is 6.54 Å². The predicted octanol–water partition coefficient (Wildman–Crippen LogP) is 0.0457. The second-order valence-electron chi connectivity index (χ2n) is 1.74. The lowest BCUT2D eigenvalue weighted by atomic mass is 10.6. The molecule has 0 saturated carbocycles. The van der Waals surface area contributed by atoms with Crippen LogP contribution in [0, 0.1) is 11.5 Å². The van der Waals surface area contributed by atoms with E-state index in [0.717, 1.165) is 6.54 Å². The number of likely N-dealkylation sites (N-methyl/N-ethyl adjacent to an activating group) is 1. The van der Waals surface area contributed by atoms with Crippen molar-refractivity contribution in [1.29, 1.82) is 5.26 Å². The fourth-order valence-corrected chi connectivity index (χ4v) is 0.274. The molecule has 0 amide bonds. The summed E-state index contributed by atoms with van der Waals surface area (Å²) < 4.78 is 4.41. The Kier molecular flexibility index (Phi) is 4.00. The van der Waals surface area contributed by atoms with Crippen molar-refractivity contribution in [1.82, 2.24) is 4.90 Å². The van der Waals surface area contributed by atoms with Gasteiger partial charge in [-0.25, -0.2) is 0 Å². The van der Waals surface area contributed by atoms with Crippen LogP contribution >= 0.6 is 0 Å². The zero-order valence-electron chi connectivity index (χ0n) is 5.22. The summed E-state index contributed by atoms with van der Waals surface area (Å²) in [6.45, 7) is 1.29. The molecule has 8 heavy (non-hydrogen) atoms. The standard InChI is InChI=1S/C5H10N2O/c1-7(2)3-4-8-5-6/h3-4H2,1-2H3. The molecule has 0 aliphatic heterocycles. The molecule has 0 bridgehead atoms. The van der Waals surface area contributed by atoms with Crippen LogP contribution in [0.4, 0.5) is 0 Å². The van der Waals surface area contributed by atoms with Crippen LogP contribution < -0.4 is 0 Å². The highest BCUT2D eigenvalue weighted by Gasteiger charge is 1.86. The van der Waals surface area contributed by atoms with E-state index in [0.29, 0.717) is 6.61 Å². The van der Waals surface area contributed by atoms with Gasteiger partial charge in [-0.3, -0.25) is 0 Å². The molecule has 0 spiro atoms. The number of rotatable bonds is 3. The first kappa shape index (κ1) is 7.25. The van der Waals surface area contributed by atoms with Gasteiger partial charge in [-0.15, -0.1) is 0 Å². The van der Waals surface area contributed by atoms with Gasteiger partial charge >= 0.3 is 0 Å². The van der Waals surface area contributed by atoms with Gasteiger partial charge in [-0.05, 0) is 14.1 Å². The average molecular weight is 114 g/mol. The number of hydrogen-bond donors (Lipinski definition) is 0. The Morgan fingerprint density at radius 3 is 2.62 bits per heavy atom. The molecule has 0 aliphatic carbocycles. The Morgan fingerprint density at radius 2 is 2.25 bits per heavy atom. The highest BCUT2D eigenvalue weighted by atomic mass is 16.5. The molecule has 0 atom stereocenters. The molecule has 0 unspecified atom stereocenters. The van der Waals surface area contributed by atoms with Crippen LogP contribution in [-0.4, -0.2) is 32.1 Å². The van der Waals surface area contributed by atoms with E-state index < -0.39 is 0 Å². The van der Waals surface area contributed by atoms with Crippen LogP contribution in [0.1, 0.15) is 0 Å². The lowest BCUT2D eigenvalue weighted by Gasteiger charge is -2.05. The number of ether oxygens (including phenoxy) is 1. The van der Waals surface area contributed by atoms with Gasteiger partial charge in [0.25, 0.3) is 6.26 Å². The molecular weight excluding hydrogens is 104 g/mol. The second-order valence-corrected chi connectivity index (χ2v) is 1.74. The van der Waals surface area contributed by atoms with E-state index in [1.807, 2.05) is 19.0 Å². The molecule has 3 nitrogen and oxygen atoms in total. The van der Waals surface area contributed by atoms with Crippen LogP contribution in [0.3, 0.4) is 0 Å². The molecule has 0 rings (SSSR count). The third kappa shape index (κ3) is 5.25. The predicted molar refractivity (Wildman–Crippen MR) is 30.1 cm³/mol. The molecule has 0 radical (unpaired) electrons. The van der Waals surface area contributed by atoms with E-state index in [2.05, 4.69) is 4.74 Å². The van der Waals surface area contributed by atoms with E-state index in [1.165, 1.54) is 0 Å². The van der Waals surface area contributed by atoms with Crippen molar-refractivity contribution in [3.8, 4) is 6.26 Å². The third-order valence-corrected chi connectivity index (χ3v) is 0.705. The number of hydrogen-bond acceptors (Lipinski definition) is 3. The Balaban J connectivity index is 2.85. The van der Waals surface area contributed by atoms with E-state index in [4.69, 9.17) is 5.26 Å². The Labute approximate surface area is 49.5 Å². The second kappa shape index (κ2) is 4.41. The van der Waals surface area contributed by atoms with Crippen LogP contribution in [0.15, 0.2) is 0 Å². The largest absolute Gasteiger partial charge is 0.426 e. The Hall–Kier alpha value is -0.750. The Morgan fingerprint density at radius 1 is 1.62 bits per heavy atom. The first-order valence-corrected chi connectivity index (χ1v) is 2.43. The van der Waals surface area contributed by atoms with Crippen molar-refractivity contribution in [2.75, 3.05) is 27.2 Å². The summed E-state index contributed by atoms with van der Waals surface area (Å²) in [6.07, 6.45) is 1.60. The molecule has 0 fully saturated rings.